The van der Waals surface area contributed by atoms with Gasteiger partial charge in [0.15, 0.2) is 4.87 Å². The Hall–Kier alpha value is -3.16. The van der Waals surface area contributed by atoms with Crippen LogP contribution in [-0.2, 0) is 16.2 Å². The van der Waals surface area contributed by atoms with Crippen molar-refractivity contribution < 1.29 is 14.3 Å². The van der Waals surface area contributed by atoms with Crippen molar-refractivity contribution in [2.24, 2.45) is 0 Å². The fourth-order valence-corrected chi connectivity index (χ4v) is 6.24. The molecule has 8 heteroatoms. The average Bonchev–Trinajstić information content (AvgIpc) is 3.37. The van der Waals surface area contributed by atoms with Crippen LogP contribution in [0.4, 0.5) is 16.2 Å². The van der Waals surface area contributed by atoms with E-state index in [2.05, 4.69) is 5.32 Å². The van der Waals surface area contributed by atoms with Crippen molar-refractivity contribution in [3.63, 3.8) is 0 Å². The van der Waals surface area contributed by atoms with E-state index in [0.29, 0.717) is 35.3 Å². The third-order valence-corrected chi connectivity index (χ3v) is 7.97. The lowest BCUT2D eigenvalue weighted by Crippen LogP contribution is -2.51. The van der Waals surface area contributed by atoms with Gasteiger partial charge in [-0.2, -0.15) is 0 Å². The number of hydrogen-bond donors (Lipinski definition) is 1. The molecule has 2 aliphatic heterocycles. The summed E-state index contributed by atoms with van der Waals surface area (Å²) in [6, 6.07) is 20.3. The lowest BCUT2D eigenvalue weighted by atomic mass is 10.1. The van der Waals surface area contributed by atoms with E-state index in [-0.39, 0.29) is 11.9 Å². The number of hydrogen-bond acceptors (Lipinski definition) is 4. The summed E-state index contributed by atoms with van der Waals surface area (Å²) < 4.78 is 5.48. The van der Waals surface area contributed by atoms with Gasteiger partial charge in [-0.15, -0.1) is 11.8 Å². The molecule has 174 valence electrons. The number of nitrogens with one attached hydrogen (secondary N) is 1. The highest BCUT2D eigenvalue weighted by Crippen LogP contribution is 2.55. The molecular formula is C26H24ClN3O3S. The van der Waals surface area contributed by atoms with E-state index in [1.54, 1.807) is 41.2 Å². The van der Waals surface area contributed by atoms with Gasteiger partial charge in [-0.3, -0.25) is 9.69 Å². The molecule has 2 heterocycles. The quantitative estimate of drug-likeness (QED) is 0.511. The van der Waals surface area contributed by atoms with Crippen LogP contribution in [-0.4, -0.2) is 36.2 Å². The summed E-state index contributed by atoms with van der Waals surface area (Å²) in [7, 11) is 1.60. The number of urea groups is 1. The monoisotopic (exact) mass is 493 g/mol. The van der Waals surface area contributed by atoms with Gasteiger partial charge in [0, 0.05) is 28.6 Å². The van der Waals surface area contributed by atoms with Crippen molar-refractivity contribution in [3.05, 3.63) is 88.4 Å². The lowest BCUT2D eigenvalue weighted by molar-refractivity contribution is -0.123. The van der Waals surface area contributed by atoms with Crippen molar-refractivity contribution in [1.29, 1.82) is 0 Å². The first-order valence-electron chi connectivity index (χ1n) is 11.0. The van der Waals surface area contributed by atoms with Gasteiger partial charge in [0.2, 0.25) is 0 Å². The van der Waals surface area contributed by atoms with E-state index >= 15 is 0 Å². The third kappa shape index (κ3) is 3.69. The highest BCUT2D eigenvalue weighted by atomic mass is 35.5. The second-order valence-electron chi connectivity index (χ2n) is 8.29. The summed E-state index contributed by atoms with van der Waals surface area (Å²) in [5.74, 6) is 1.16. The molecule has 0 saturated carbocycles. The minimum Gasteiger partial charge on any atom is -0.497 e. The minimum atomic E-state index is -1.16. The molecule has 1 unspecified atom stereocenters. The first kappa shape index (κ1) is 22.6. The predicted molar refractivity (Wildman–Crippen MR) is 137 cm³/mol. The van der Waals surface area contributed by atoms with Gasteiger partial charge in [0.1, 0.15) is 5.75 Å². The maximum Gasteiger partial charge on any atom is 0.323 e. The molecule has 1 N–H and O–H groups in total. The van der Waals surface area contributed by atoms with Gasteiger partial charge in [-0.25, -0.2) is 4.79 Å². The molecule has 6 nitrogen and oxygen atoms in total. The van der Waals surface area contributed by atoms with Crippen LogP contribution in [0.3, 0.4) is 0 Å². The van der Waals surface area contributed by atoms with E-state index in [1.807, 2.05) is 49.4 Å². The van der Waals surface area contributed by atoms with Crippen LogP contribution in [0.15, 0.2) is 66.7 Å². The molecule has 3 aromatic carbocycles. The molecular weight excluding hydrogens is 470 g/mol. The van der Waals surface area contributed by atoms with Crippen LogP contribution in [0.2, 0.25) is 5.02 Å². The number of benzene rings is 3. The van der Waals surface area contributed by atoms with Crippen molar-refractivity contribution in [1.82, 2.24) is 4.90 Å². The molecule has 1 fully saturated rings. The Balaban J connectivity index is 1.56. The van der Waals surface area contributed by atoms with Crippen molar-refractivity contribution in [3.8, 4) is 5.75 Å². The molecule has 34 heavy (non-hydrogen) atoms. The van der Waals surface area contributed by atoms with Crippen molar-refractivity contribution in [2.75, 3.05) is 29.6 Å². The Morgan fingerprint density at radius 3 is 2.74 bits per heavy atom. The number of amides is 3. The molecule has 3 aromatic rings. The zero-order chi connectivity index (χ0) is 23.9. The standard InChI is InChI=1S/C26H24ClN3O3S/c1-17-6-3-4-7-18(17)16-29-23-11-10-21(33-2)15-22(23)26(24(29)31)30(12-13-34-26)25(32)28-20-9-5-8-19(27)14-20/h3-11,14-15H,12-13,16H2,1-2H3,(H,28,32). The zero-order valence-corrected chi connectivity index (χ0v) is 20.4. The SMILES string of the molecule is COc1ccc2c(c1)C1(SCCN1C(=O)Nc1cccc(Cl)c1)C(=O)N2Cc1ccccc1C. The molecule has 5 rings (SSSR count). The van der Waals surface area contributed by atoms with Gasteiger partial charge >= 0.3 is 6.03 Å². The van der Waals surface area contributed by atoms with Crippen LogP contribution in [0.25, 0.3) is 0 Å². The molecule has 1 spiro atoms. The number of nitrogens with zero attached hydrogens (tertiary/aromatic N) is 2. The Kier molecular flexibility index (Phi) is 5.91. The summed E-state index contributed by atoms with van der Waals surface area (Å²) in [5, 5.41) is 3.44. The molecule has 0 aliphatic carbocycles. The maximum absolute atomic E-state index is 14.1. The number of methoxy groups -OCH3 is 1. The number of thioether (sulfide) groups is 1. The molecule has 1 atom stereocenters. The number of rotatable bonds is 4. The molecule has 1 saturated heterocycles. The largest absolute Gasteiger partial charge is 0.497 e. The second-order valence-corrected chi connectivity index (χ2v) is 10.0. The predicted octanol–water partition coefficient (Wildman–Crippen LogP) is 5.64. The summed E-state index contributed by atoms with van der Waals surface area (Å²) in [4.78, 5) is 29.9. The third-order valence-electron chi connectivity index (χ3n) is 6.31. The Labute approximate surface area is 207 Å². The van der Waals surface area contributed by atoms with Gasteiger partial charge < -0.3 is 15.0 Å². The van der Waals surface area contributed by atoms with E-state index in [0.717, 1.165) is 22.4 Å². The number of carbonyl (C=O) groups is 2. The summed E-state index contributed by atoms with van der Waals surface area (Å²) in [5.41, 5.74) is 4.32. The molecule has 0 bridgehead atoms. The van der Waals surface area contributed by atoms with Crippen molar-refractivity contribution >= 4 is 46.7 Å². The van der Waals surface area contributed by atoms with Crippen LogP contribution in [0, 0.1) is 6.92 Å². The van der Waals surface area contributed by atoms with Gasteiger partial charge in [0.05, 0.1) is 19.3 Å². The fraction of sp³-hybridized carbons (Fsp3) is 0.231. The Bertz CT molecular complexity index is 1280. The molecule has 2 aliphatic rings. The van der Waals surface area contributed by atoms with Crippen LogP contribution >= 0.6 is 23.4 Å². The van der Waals surface area contributed by atoms with Gasteiger partial charge in [-0.05, 0) is 54.4 Å². The zero-order valence-electron chi connectivity index (χ0n) is 18.9. The first-order valence-corrected chi connectivity index (χ1v) is 12.3. The Morgan fingerprint density at radius 2 is 1.97 bits per heavy atom. The number of carbonyl (C=O) groups excluding carboxylic acids is 2. The van der Waals surface area contributed by atoms with Gasteiger partial charge in [-0.1, -0.05) is 41.9 Å². The molecule has 3 amide bonds. The smallest absolute Gasteiger partial charge is 0.323 e. The number of ether oxygens (including phenoxy) is 1. The highest BCUT2D eigenvalue weighted by molar-refractivity contribution is 8.01. The van der Waals surface area contributed by atoms with Crippen LogP contribution in [0.1, 0.15) is 16.7 Å². The maximum atomic E-state index is 14.1. The summed E-state index contributed by atoms with van der Waals surface area (Å²) in [6.07, 6.45) is 0. The highest BCUT2D eigenvalue weighted by Gasteiger charge is 2.59. The van der Waals surface area contributed by atoms with Gasteiger partial charge in [0.25, 0.3) is 5.91 Å². The fourth-order valence-electron chi connectivity index (χ4n) is 4.59. The van der Waals surface area contributed by atoms with E-state index < -0.39 is 4.87 Å². The summed E-state index contributed by atoms with van der Waals surface area (Å²) >= 11 is 7.58. The average molecular weight is 494 g/mol. The second kappa shape index (κ2) is 8.89. The molecule has 0 radical (unpaired) electrons. The van der Waals surface area contributed by atoms with Crippen LogP contribution in [0.5, 0.6) is 5.75 Å². The number of fused-ring (bicyclic) bond motifs is 2. The minimum absolute atomic E-state index is 0.122. The summed E-state index contributed by atoms with van der Waals surface area (Å²) in [6.45, 7) is 2.91. The lowest BCUT2D eigenvalue weighted by Gasteiger charge is -2.33. The Morgan fingerprint density at radius 1 is 1.15 bits per heavy atom. The number of aryl methyl sites for hydroxylation is 1. The topological polar surface area (TPSA) is 61.9 Å². The van der Waals surface area contributed by atoms with Crippen molar-refractivity contribution in [2.45, 2.75) is 18.3 Å². The first-order chi connectivity index (χ1) is 16.4. The van der Waals surface area contributed by atoms with E-state index in [4.69, 9.17) is 16.3 Å². The number of halogens is 1. The van der Waals surface area contributed by atoms with E-state index in [1.165, 1.54) is 11.8 Å². The van der Waals surface area contributed by atoms with Crippen LogP contribution < -0.4 is 15.0 Å². The number of anilines is 2. The van der Waals surface area contributed by atoms with E-state index in [9.17, 15) is 9.59 Å². The normalized spacial score (nSPS) is 19.0. The molecule has 0 aromatic heterocycles.